The fourth-order valence-corrected chi connectivity index (χ4v) is 0.166. The number of hydrogen-bond acceptors (Lipinski definition) is 2. The van der Waals surface area contributed by atoms with Crippen LogP contribution in [-0.4, -0.2) is 13.3 Å². The van der Waals surface area contributed by atoms with Gasteiger partial charge in [0.15, 0.2) is 5.83 Å². The maximum Gasteiger partial charge on any atom is 0.156 e. The Bertz CT molecular complexity index is 95.9. The van der Waals surface area contributed by atoms with Gasteiger partial charge >= 0.3 is 0 Å². The molecule has 0 saturated carbocycles. The molecule has 0 aliphatic carbocycles. The first kappa shape index (κ1) is 6.14. The van der Waals surface area contributed by atoms with Crippen LogP contribution in [0.4, 0.5) is 4.39 Å². The highest BCUT2D eigenvalue weighted by Gasteiger charge is 1.78. The van der Waals surface area contributed by atoms with Crippen molar-refractivity contribution in [3.05, 3.63) is 12.0 Å². The number of nitrogens with zero attached hydrogens (tertiary/aromatic N) is 1. The Hall–Kier alpha value is -0.860. The minimum absolute atomic E-state index is 0.512. The van der Waals surface area contributed by atoms with Crippen LogP contribution in [-0.2, 0) is 0 Å². The Morgan fingerprint density at radius 3 is 2.57 bits per heavy atom. The van der Waals surface area contributed by atoms with E-state index in [0.29, 0.717) is 0 Å². The van der Waals surface area contributed by atoms with Crippen LogP contribution in [0, 0.1) is 0 Å². The molecule has 0 amide bonds. The lowest BCUT2D eigenvalue weighted by atomic mass is 10.6. The Balaban J connectivity index is 3.58. The maximum absolute atomic E-state index is 11.7. The predicted octanol–water partition coefficient (Wildman–Crippen LogP) is 0.457. The molecule has 40 valence electrons. The Morgan fingerprint density at radius 2 is 2.43 bits per heavy atom. The quantitative estimate of drug-likeness (QED) is 0.480. The summed E-state index contributed by atoms with van der Waals surface area (Å²) in [5, 5.41) is 0. The molecule has 0 rings (SSSR count). The second kappa shape index (κ2) is 3.33. The molecule has 0 aliphatic heterocycles. The summed E-state index contributed by atoms with van der Waals surface area (Å²) < 4.78 is 11.7. The van der Waals surface area contributed by atoms with Gasteiger partial charge in [-0.05, 0) is 0 Å². The minimum atomic E-state index is -0.512. The first-order chi connectivity index (χ1) is 3.31. The van der Waals surface area contributed by atoms with Crippen molar-refractivity contribution in [2.75, 3.05) is 7.05 Å². The van der Waals surface area contributed by atoms with Gasteiger partial charge in [0.25, 0.3) is 0 Å². The Labute approximate surface area is 41.5 Å². The molecular weight excluding hydrogens is 95.1 g/mol. The molecule has 0 radical (unpaired) electrons. The first-order valence-electron chi connectivity index (χ1n) is 1.81. The summed E-state index contributed by atoms with van der Waals surface area (Å²) in [4.78, 5) is 3.36. The van der Waals surface area contributed by atoms with Gasteiger partial charge in [-0.3, -0.25) is 4.99 Å². The standard InChI is InChI=1S/C4H7FN2/c1-7-3-4(5)2-6/h2-3H,6H2,1H3/b4-2+,7-3-. The van der Waals surface area contributed by atoms with Crippen LogP contribution in [0.25, 0.3) is 0 Å². The lowest BCUT2D eigenvalue weighted by molar-refractivity contribution is 0.683. The molecule has 0 saturated heterocycles. The van der Waals surface area contributed by atoms with Gasteiger partial charge in [-0.15, -0.1) is 0 Å². The molecule has 0 atom stereocenters. The van der Waals surface area contributed by atoms with Gasteiger partial charge in [-0.1, -0.05) is 0 Å². The molecule has 0 spiro atoms. The number of aliphatic imine (C=N–C) groups is 1. The summed E-state index contributed by atoms with van der Waals surface area (Å²) in [5.74, 6) is -0.512. The number of rotatable bonds is 1. The highest BCUT2D eigenvalue weighted by Crippen LogP contribution is 1.84. The lowest BCUT2D eigenvalue weighted by Gasteiger charge is -1.76. The largest absolute Gasteiger partial charge is 0.402 e. The number of allylic oxidation sites excluding steroid dienone is 1. The minimum Gasteiger partial charge on any atom is -0.402 e. The van der Waals surface area contributed by atoms with Gasteiger partial charge in [0.2, 0.25) is 0 Å². The zero-order valence-corrected chi connectivity index (χ0v) is 4.06. The van der Waals surface area contributed by atoms with Gasteiger partial charge in [0, 0.05) is 13.2 Å². The predicted molar refractivity (Wildman–Crippen MR) is 27.8 cm³/mol. The summed E-state index contributed by atoms with van der Waals surface area (Å²) in [6, 6.07) is 0. The van der Waals surface area contributed by atoms with Crippen LogP contribution in [0.5, 0.6) is 0 Å². The van der Waals surface area contributed by atoms with Crippen LogP contribution in [0.1, 0.15) is 0 Å². The zero-order valence-electron chi connectivity index (χ0n) is 4.06. The van der Waals surface area contributed by atoms with Crippen molar-refractivity contribution >= 4 is 6.21 Å². The second-order valence-electron chi connectivity index (χ2n) is 0.939. The van der Waals surface area contributed by atoms with Crippen molar-refractivity contribution < 1.29 is 4.39 Å². The molecule has 0 aromatic heterocycles. The Morgan fingerprint density at radius 1 is 1.86 bits per heavy atom. The molecule has 3 heteroatoms. The molecule has 2 nitrogen and oxygen atoms in total. The van der Waals surface area contributed by atoms with Crippen molar-refractivity contribution in [2.45, 2.75) is 0 Å². The van der Waals surface area contributed by atoms with E-state index in [0.717, 1.165) is 12.4 Å². The average molecular weight is 102 g/mol. The smallest absolute Gasteiger partial charge is 0.156 e. The van der Waals surface area contributed by atoms with Crippen molar-refractivity contribution in [3.8, 4) is 0 Å². The normalized spacial score (nSPS) is 13.1. The van der Waals surface area contributed by atoms with Crippen LogP contribution in [0.15, 0.2) is 17.0 Å². The summed E-state index contributed by atoms with van der Waals surface area (Å²) in [5.41, 5.74) is 4.73. The number of halogens is 1. The van der Waals surface area contributed by atoms with Crippen molar-refractivity contribution in [1.29, 1.82) is 0 Å². The van der Waals surface area contributed by atoms with Gasteiger partial charge in [-0.25, -0.2) is 4.39 Å². The molecule has 0 aliphatic rings. The van der Waals surface area contributed by atoms with E-state index in [-0.39, 0.29) is 0 Å². The molecule has 0 aromatic carbocycles. The van der Waals surface area contributed by atoms with Gasteiger partial charge < -0.3 is 5.73 Å². The third-order valence-electron chi connectivity index (χ3n) is 0.412. The van der Waals surface area contributed by atoms with E-state index in [4.69, 9.17) is 5.73 Å². The molecule has 0 unspecified atom stereocenters. The number of hydrogen-bond donors (Lipinski definition) is 1. The summed E-state index contributed by atoms with van der Waals surface area (Å²) in [6.07, 6.45) is 1.90. The van der Waals surface area contributed by atoms with E-state index in [9.17, 15) is 4.39 Å². The van der Waals surface area contributed by atoms with Crippen molar-refractivity contribution in [2.24, 2.45) is 10.7 Å². The molecule has 2 N–H and O–H groups in total. The van der Waals surface area contributed by atoms with Crippen LogP contribution in [0.3, 0.4) is 0 Å². The monoisotopic (exact) mass is 102 g/mol. The average Bonchev–Trinajstić information content (AvgIpc) is 1.68. The molecule has 7 heavy (non-hydrogen) atoms. The highest BCUT2D eigenvalue weighted by atomic mass is 19.1. The molecule has 0 aromatic rings. The number of nitrogens with two attached hydrogens (primary N) is 1. The molecular formula is C4H7FN2. The van der Waals surface area contributed by atoms with Crippen LogP contribution in [0.2, 0.25) is 0 Å². The van der Waals surface area contributed by atoms with E-state index in [1.165, 1.54) is 7.05 Å². The third-order valence-corrected chi connectivity index (χ3v) is 0.412. The maximum atomic E-state index is 11.7. The molecule has 0 bridgehead atoms. The van der Waals surface area contributed by atoms with Gasteiger partial charge in [0.05, 0.1) is 6.21 Å². The zero-order chi connectivity index (χ0) is 5.70. The summed E-state index contributed by atoms with van der Waals surface area (Å²) in [6.45, 7) is 0. The van der Waals surface area contributed by atoms with E-state index in [1.54, 1.807) is 0 Å². The second-order valence-corrected chi connectivity index (χ2v) is 0.939. The van der Waals surface area contributed by atoms with E-state index in [1.807, 2.05) is 0 Å². The van der Waals surface area contributed by atoms with Crippen LogP contribution >= 0.6 is 0 Å². The van der Waals surface area contributed by atoms with E-state index >= 15 is 0 Å². The fraction of sp³-hybridized carbons (Fsp3) is 0.250. The highest BCUT2D eigenvalue weighted by molar-refractivity contribution is 5.74. The summed E-state index contributed by atoms with van der Waals surface area (Å²) in [7, 11) is 1.48. The molecule has 0 heterocycles. The van der Waals surface area contributed by atoms with E-state index in [2.05, 4.69) is 4.99 Å². The topological polar surface area (TPSA) is 38.4 Å². The van der Waals surface area contributed by atoms with Gasteiger partial charge in [0.1, 0.15) is 0 Å². The molecule has 0 fully saturated rings. The van der Waals surface area contributed by atoms with Gasteiger partial charge in [-0.2, -0.15) is 0 Å². The SMILES string of the molecule is C/N=C\C(F)=C/N. The van der Waals surface area contributed by atoms with Crippen LogP contribution < -0.4 is 5.73 Å². The Kier molecular flexibility index (Phi) is 2.92. The lowest BCUT2D eigenvalue weighted by Crippen LogP contribution is -1.82. The van der Waals surface area contributed by atoms with Crippen molar-refractivity contribution in [1.82, 2.24) is 0 Å². The van der Waals surface area contributed by atoms with E-state index < -0.39 is 5.83 Å². The third kappa shape index (κ3) is 2.96. The first-order valence-corrected chi connectivity index (χ1v) is 1.81. The summed E-state index contributed by atoms with van der Waals surface area (Å²) >= 11 is 0. The fourth-order valence-electron chi connectivity index (χ4n) is 0.166. The van der Waals surface area contributed by atoms with Crippen molar-refractivity contribution in [3.63, 3.8) is 0 Å².